The van der Waals surface area contributed by atoms with Crippen LogP contribution < -0.4 is 5.32 Å². The maximum absolute atomic E-state index is 13.3. The van der Waals surface area contributed by atoms with E-state index in [9.17, 15) is 61.0 Å². The average Bonchev–Trinajstić information content (AvgIpc) is 3.46. The molecule has 17 atom stereocenters. The molecule has 0 aromatic rings. The van der Waals surface area contributed by atoms with Gasteiger partial charge in [-0.2, -0.15) is 0 Å². The number of aliphatic hydroxyl groups excluding tert-OH is 11. The minimum atomic E-state index is -1.98. The number of ether oxygens (including phenoxy) is 6. The zero-order chi connectivity index (χ0) is 56.9. The maximum atomic E-state index is 13.3. The summed E-state index contributed by atoms with van der Waals surface area (Å²) in [5, 5.41) is 120. The molecule has 3 aliphatic rings. The molecule has 0 radical (unpaired) electrons. The highest BCUT2D eigenvalue weighted by Crippen LogP contribution is 2.33. The van der Waals surface area contributed by atoms with Crippen molar-refractivity contribution in [3.8, 4) is 0 Å². The number of carbonyl (C=O) groups excluding carboxylic acids is 1. The third-order valence-corrected chi connectivity index (χ3v) is 15.5. The molecular formula is C59H109NO18. The highest BCUT2D eigenvalue weighted by atomic mass is 16.8. The number of hydrogen-bond acceptors (Lipinski definition) is 18. The minimum Gasteiger partial charge on any atom is -0.394 e. The quantitative estimate of drug-likeness (QED) is 0.0263. The van der Waals surface area contributed by atoms with E-state index >= 15 is 0 Å². The summed E-state index contributed by atoms with van der Waals surface area (Å²) in [5.41, 5.74) is 0. The van der Waals surface area contributed by atoms with Crippen LogP contribution >= 0.6 is 0 Å². The van der Waals surface area contributed by atoms with Crippen molar-refractivity contribution in [2.24, 2.45) is 0 Å². The molecule has 3 saturated heterocycles. The number of nitrogens with one attached hydrogen (secondary N) is 1. The van der Waals surface area contributed by atoms with Crippen LogP contribution in [0.4, 0.5) is 0 Å². The second-order valence-corrected chi connectivity index (χ2v) is 22.2. The fourth-order valence-electron chi connectivity index (χ4n) is 10.4. The van der Waals surface area contributed by atoms with Crippen molar-refractivity contribution in [1.29, 1.82) is 0 Å². The Morgan fingerprint density at radius 1 is 0.449 bits per heavy atom. The fourth-order valence-corrected chi connectivity index (χ4v) is 10.4. The summed E-state index contributed by atoms with van der Waals surface area (Å²) in [4.78, 5) is 13.3. The number of unbranched alkanes of at least 4 members (excludes halogenated alkanes) is 27. The van der Waals surface area contributed by atoms with Crippen LogP contribution in [0.2, 0.25) is 0 Å². The van der Waals surface area contributed by atoms with Crippen LogP contribution in [0.3, 0.4) is 0 Å². The summed E-state index contributed by atoms with van der Waals surface area (Å²) < 4.78 is 34.2. The molecule has 3 heterocycles. The lowest BCUT2D eigenvalue weighted by Gasteiger charge is -2.48. The number of aliphatic hydroxyl groups is 11. The number of carbonyl (C=O) groups is 1. The first-order chi connectivity index (χ1) is 37.8. The van der Waals surface area contributed by atoms with E-state index in [1.54, 1.807) is 6.08 Å². The Hall–Kier alpha value is -1.73. The van der Waals surface area contributed by atoms with Crippen LogP contribution in [-0.2, 0) is 33.2 Å². The van der Waals surface area contributed by atoms with Gasteiger partial charge < -0.3 is 89.9 Å². The van der Waals surface area contributed by atoms with Gasteiger partial charge in [0.15, 0.2) is 18.9 Å². The van der Waals surface area contributed by atoms with E-state index in [2.05, 4.69) is 31.3 Å². The molecule has 12 N–H and O–H groups in total. The van der Waals surface area contributed by atoms with Gasteiger partial charge >= 0.3 is 0 Å². The summed E-state index contributed by atoms with van der Waals surface area (Å²) in [6, 6.07) is -0.974. The zero-order valence-electron chi connectivity index (χ0n) is 47.7. The van der Waals surface area contributed by atoms with Crippen LogP contribution in [0.1, 0.15) is 213 Å². The van der Waals surface area contributed by atoms with E-state index in [0.717, 1.165) is 64.2 Å². The summed E-state index contributed by atoms with van der Waals surface area (Å²) in [7, 11) is 0. The van der Waals surface area contributed by atoms with E-state index < -0.39 is 124 Å². The van der Waals surface area contributed by atoms with Crippen LogP contribution in [0, 0.1) is 0 Å². The molecule has 0 aromatic carbocycles. The molecule has 0 aromatic heterocycles. The van der Waals surface area contributed by atoms with Crippen molar-refractivity contribution < 1.29 is 89.4 Å². The molecule has 19 nitrogen and oxygen atoms in total. The van der Waals surface area contributed by atoms with E-state index in [4.69, 9.17) is 28.4 Å². The standard InChI is InChI=1S/C59H109NO18/c1-3-5-7-9-11-13-15-17-18-19-20-21-22-23-24-25-26-28-30-32-34-36-43(64)42(60-47(65)37-35-33-31-29-27-16-14-12-10-8-6-4-2)41-73-57-53(71)50(68)55(45(39-62)75-57)78-59-54(72)51(69)56(46(40-63)76-59)77-58-52(70)49(67)48(66)44(38-61)74-58/h12,14,34,36,42-46,48-59,61-64,66-72H,3-11,13,15-33,35,37-41H2,1-2H3,(H,60,65)/b14-12-,36-34+. The number of allylic oxidation sites excluding steroid dienone is 3. The highest BCUT2D eigenvalue weighted by Gasteiger charge is 2.53. The van der Waals surface area contributed by atoms with Gasteiger partial charge in [0, 0.05) is 6.42 Å². The minimum absolute atomic E-state index is 0.234. The highest BCUT2D eigenvalue weighted by molar-refractivity contribution is 5.76. The second kappa shape index (κ2) is 43.0. The SMILES string of the molecule is CCCCC/C=C\CCCCCCCC(=O)NC(COC1OC(CO)C(OC2OC(CO)C(OC3OC(CO)C(O)C(O)C3O)C(O)C2O)C(O)C1O)C(O)/C=C/CCCCCCCCCCCCCCCCCCCCC. The van der Waals surface area contributed by atoms with E-state index in [1.165, 1.54) is 122 Å². The lowest BCUT2D eigenvalue weighted by atomic mass is 9.96. The van der Waals surface area contributed by atoms with Gasteiger partial charge in [-0.1, -0.05) is 186 Å². The number of hydrogen-bond donors (Lipinski definition) is 12. The third kappa shape index (κ3) is 26.7. The fraction of sp³-hybridized carbons (Fsp3) is 0.915. The Kier molecular flexibility index (Phi) is 38.9. The van der Waals surface area contributed by atoms with Gasteiger partial charge in [-0.25, -0.2) is 0 Å². The van der Waals surface area contributed by atoms with E-state index in [0.29, 0.717) is 6.42 Å². The molecule has 0 spiro atoms. The van der Waals surface area contributed by atoms with Crippen molar-refractivity contribution in [3.63, 3.8) is 0 Å². The molecule has 3 fully saturated rings. The summed E-state index contributed by atoms with van der Waals surface area (Å²) in [6.07, 6.45) is 17.4. The van der Waals surface area contributed by atoms with Crippen LogP contribution in [0.15, 0.2) is 24.3 Å². The average molecular weight is 1120 g/mol. The summed E-state index contributed by atoms with van der Waals surface area (Å²) in [5.74, 6) is -0.285. The Morgan fingerprint density at radius 2 is 0.808 bits per heavy atom. The molecule has 78 heavy (non-hydrogen) atoms. The first-order valence-electron chi connectivity index (χ1n) is 30.6. The Bertz CT molecular complexity index is 1530. The Balaban J connectivity index is 1.49. The smallest absolute Gasteiger partial charge is 0.220 e. The van der Waals surface area contributed by atoms with Crippen molar-refractivity contribution in [3.05, 3.63) is 24.3 Å². The van der Waals surface area contributed by atoms with Gasteiger partial charge in [0.05, 0.1) is 38.6 Å². The lowest BCUT2D eigenvalue weighted by Crippen LogP contribution is -2.66. The monoisotopic (exact) mass is 1120 g/mol. The van der Waals surface area contributed by atoms with Crippen LogP contribution in [0.5, 0.6) is 0 Å². The number of rotatable bonds is 45. The van der Waals surface area contributed by atoms with Gasteiger partial charge in [-0.15, -0.1) is 0 Å². The molecule has 3 aliphatic heterocycles. The van der Waals surface area contributed by atoms with Crippen molar-refractivity contribution >= 4 is 5.91 Å². The topological polar surface area (TPSA) is 307 Å². The zero-order valence-corrected chi connectivity index (χ0v) is 47.7. The van der Waals surface area contributed by atoms with E-state index in [-0.39, 0.29) is 18.9 Å². The maximum Gasteiger partial charge on any atom is 0.220 e. The van der Waals surface area contributed by atoms with Gasteiger partial charge in [-0.05, 0) is 44.9 Å². The molecule has 3 rings (SSSR count). The van der Waals surface area contributed by atoms with Crippen molar-refractivity contribution in [1.82, 2.24) is 5.32 Å². The van der Waals surface area contributed by atoms with Crippen molar-refractivity contribution in [2.45, 2.75) is 317 Å². The first kappa shape index (κ1) is 70.5. The molecule has 0 bridgehead atoms. The predicted molar refractivity (Wildman–Crippen MR) is 296 cm³/mol. The molecular weight excluding hydrogens is 1010 g/mol. The molecule has 17 unspecified atom stereocenters. The summed E-state index contributed by atoms with van der Waals surface area (Å²) in [6.45, 7) is 1.69. The largest absolute Gasteiger partial charge is 0.394 e. The van der Waals surface area contributed by atoms with Gasteiger partial charge in [0.2, 0.25) is 5.91 Å². The van der Waals surface area contributed by atoms with Gasteiger partial charge in [-0.3, -0.25) is 4.79 Å². The molecule has 19 heteroatoms. The van der Waals surface area contributed by atoms with Crippen molar-refractivity contribution in [2.75, 3.05) is 26.4 Å². The molecule has 0 aliphatic carbocycles. The number of amides is 1. The molecule has 458 valence electrons. The third-order valence-electron chi connectivity index (χ3n) is 15.5. The van der Waals surface area contributed by atoms with Gasteiger partial charge in [0.1, 0.15) is 73.2 Å². The molecule has 1 amide bonds. The second-order valence-electron chi connectivity index (χ2n) is 22.2. The van der Waals surface area contributed by atoms with Crippen LogP contribution in [0.25, 0.3) is 0 Å². The Labute approximate surface area is 467 Å². The van der Waals surface area contributed by atoms with E-state index in [1.807, 2.05) is 6.08 Å². The normalized spacial score (nSPS) is 30.6. The summed E-state index contributed by atoms with van der Waals surface area (Å²) >= 11 is 0. The predicted octanol–water partition coefficient (Wildman–Crippen LogP) is 5.54. The Morgan fingerprint density at radius 3 is 1.27 bits per heavy atom. The van der Waals surface area contributed by atoms with Crippen LogP contribution in [-0.4, -0.2) is 193 Å². The van der Waals surface area contributed by atoms with Gasteiger partial charge in [0.25, 0.3) is 0 Å². The molecule has 0 saturated carbocycles. The first-order valence-corrected chi connectivity index (χ1v) is 30.6. The lowest BCUT2D eigenvalue weighted by molar-refractivity contribution is -0.379.